The first-order chi connectivity index (χ1) is 7.67. The lowest BCUT2D eigenvalue weighted by Crippen LogP contribution is -1.98. The van der Waals surface area contributed by atoms with E-state index >= 15 is 0 Å². The fourth-order valence-electron chi connectivity index (χ4n) is 1.53. The van der Waals surface area contributed by atoms with Crippen molar-refractivity contribution in [2.75, 3.05) is 20.8 Å². The maximum Gasteiger partial charge on any atom is 0.279 e. The molecule has 1 saturated heterocycles. The second kappa shape index (κ2) is 3.97. The normalized spacial score (nSPS) is 18.0. The van der Waals surface area contributed by atoms with Gasteiger partial charge in [0.1, 0.15) is 6.10 Å². The summed E-state index contributed by atoms with van der Waals surface area (Å²) in [7, 11) is 2.93. The predicted molar refractivity (Wildman–Crippen MR) is 54.9 cm³/mol. The number of nitro groups is 1. The Labute approximate surface area is 91.9 Å². The van der Waals surface area contributed by atoms with Gasteiger partial charge in [-0.15, -0.1) is 0 Å². The van der Waals surface area contributed by atoms with E-state index in [9.17, 15) is 10.1 Å². The van der Waals surface area contributed by atoms with Crippen LogP contribution in [0.4, 0.5) is 5.69 Å². The van der Waals surface area contributed by atoms with Crippen LogP contribution in [0.3, 0.4) is 0 Å². The van der Waals surface area contributed by atoms with Crippen LogP contribution in [0.2, 0.25) is 0 Å². The Bertz CT molecular complexity index is 427. The molecule has 1 aromatic carbocycles. The van der Waals surface area contributed by atoms with Crippen LogP contribution in [0.15, 0.2) is 12.1 Å². The van der Waals surface area contributed by atoms with Crippen molar-refractivity contribution in [2.45, 2.75) is 6.10 Å². The van der Waals surface area contributed by atoms with Gasteiger partial charge in [-0.3, -0.25) is 10.1 Å². The van der Waals surface area contributed by atoms with Crippen molar-refractivity contribution in [3.05, 3.63) is 27.8 Å². The van der Waals surface area contributed by atoms with Crippen LogP contribution in [0, 0.1) is 10.1 Å². The number of hydrogen-bond donors (Lipinski definition) is 0. The molecular formula is C10H11NO5. The molecule has 0 N–H and O–H groups in total. The summed E-state index contributed by atoms with van der Waals surface area (Å²) in [4.78, 5) is 10.4. The van der Waals surface area contributed by atoms with Crippen LogP contribution in [0.5, 0.6) is 11.5 Å². The molecule has 86 valence electrons. The average molecular weight is 225 g/mol. The zero-order chi connectivity index (χ0) is 11.7. The molecule has 6 nitrogen and oxygen atoms in total. The quantitative estimate of drug-likeness (QED) is 0.442. The Kier molecular flexibility index (Phi) is 2.66. The van der Waals surface area contributed by atoms with Gasteiger partial charge >= 0.3 is 0 Å². The molecule has 1 atom stereocenters. The molecule has 0 bridgehead atoms. The Morgan fingerprint density at radius 1 is 1.38 bits per heavy atom. The Morgan fingerprint density at radius 3 is 2.38 bits per heavy atom. The number of benzene rings is 1. The summed E-state index contributed by atoms with van der Waals surface area (Å²) in [6.07, 6.45) is -0.194. The largest absolute Gasteiger partial charge is 0.493 e. The molecule has 1 aromatic rings. The molecule has 16 heavy (non-hydrogen) atoms. The number of methoxy groups -OCH3 is 2. The number of ether oxygens (including phenoxy) is 3. The number of hydrogen-bond acceptors (Lipinski definition) is 5. The third-order valence-electron chi connectivity index (χ3n) is 2.41. The standard InChI is InChI=1S/C10H11NO5/c1-14-8-3-6(10-5-16-10)7(11(12)13)4-9(8)15-2/h3-4,10H,5H2,1-2H3. The third kappa shape index (κ3) is 1.79. The van der Waals surface area contributed by atoms with E-state index in [-0.39, 0.29) is 11.8 Å². The highest BCUT2D eigenvalue weighted by Crippen LogP contribution is 2.42. The fourth-order valence-corrected chi connectivity index (χ4v) is 1.53. The maximum atomic E-state index is 10.9. The van der Waals surface area contributed by atoms with Gasteiger partial charge in [0.05, 0.1) is 37.4 Å². The predicted octanol–water partition coefficient (Wildman–Crippen LogP) is 1.68. The molecule has 1 fully saturated rings. The zero-order valence-electron chi connectivity index (χ0n) is 8.93. The van der Waals surface area contributed by atoms with Gasteiger partial charge in [0.15, 0.2) is 11.5 Å². The van der Waals surface area contributed by atoms with Gasteiger partial charge in [0, 0.05) is 0 Å². The first-order valence-electron chi connectivity index (χ1n) is 4.69. The highest BCUT2D eigenvalue weighted by atomic mass is 16.6. The maximum absolute atomic E-state index is 10.9. The molecule has 0 spiro atoms. The van der Waals surface area contributed by atoms with E-state index in [1.807, 2.05) is 0 Å². The number of rotatable bonds is 4. The van der Waals surface area contributed by atoms with E-state index < -0.39 is 4.92 Å². The zero-order valence-corrected chi connectivity index (χ0v) is 8.93. The summed E-state index contributed by atoms with van der Waals surface area (Å²) in [5.74, 6) is 0.817. The SMILES string of the molecule is COc1cc(C2CO2)c([N+](=O)[O-])cc1OC. The lowest BCUT2D eigenvalue weighted by molar-refractivity contribution is -0.385. The van der Waals surface area contributed by atoms with Gasteiger partial charge in [-0.25, -0.2) is 0 Å². The van der Waals surface area contributed by atoms with E-state index in [0.29, 0.717) is 23.7 Å². The minimum absolute atomic E-state index is 0.000139. The van der Waals surface area contributed by atoms with Crippen LogP contribution < -0.4 is 9.47 Å². The molecule has 1 heterocycles. The van der Waals surface area contributed by atoms with Crippen molar-refractivity contribution in [3.63, 3.8) is 0 Å². The van der Waals surface area contributed by atoms with Crippen LogP contribution in [-0.4, -0.2) is 25.7 Å². The summed E-state index contributed by atoms with van der Waals surface area (Å²) >= 11 is 0. The van der Waals surface area contributed by atoms with Gasteiger partial charge in [-0.05, 0) is 6.07 Å². The molecular weight excluding hydrogens is 214 g/mol. The first-order valence-corrected chi connectivity index (χ1v) is 4.69. The van der Waals surface area contributed by atoms with Crippen LogP contribution in [0.1, 0.15) is 11.7 Å². The summed E-state index contributed by atoms with van der Waals surface area (Å²) in [5, 5.41) is 10.9. The second-order valence-electron chi connectivity index (χ2n) is 3.35. The van der Waals surface area contributed by atoms with Gasteiger partial charge < -0.3 is 14.2 Å². The van der Waals surface area contributed by atoms with E-state index in [1.54, 1.807) is 6.07 Å². The molecule has 0 radical (unpaired) electrons. The molecule has 0 aromatic heterocycles. The summed E-state index contributed by atoms with van der Waals surface area (Å²) in [6, 6.07) is 2.95. The van der Waals surface area contributed by atoms with Gasteiger partial charge in [0.2, 0.25) is 0 Å². The lowest BCUT2D eigenvalue weighted by Gasteiger charge is -2.09. The van der Waals surface area contributed by atoms with Crippen molar-refractivity contribution in [1.82, 2.24) is 0 Å². The molecule has 1 aliphatic heterocycles. The third-order valence-corrected chi connectivity index (χ3v) is 2.41. The molecule has 1 unspecified atom stereocenters. The highest BCUT2D eigenvalue weighted by molar-refractivity contribution is 5.55. The monoisotopic (exact) mass is 225 g/mol. The summed E-state index contributed by atoms with van der Waals surface area (Å²) in [5.41, 5.74) is 0.530. The Balaban J connectivity index is 2.53. The van der Waals surface area contributed by atoms with Crippen LogP contribution >= 0.6 is 0 Å². The molecule has 0 saturated carbocycles. The smallest absolute Gasteiger partial charge is 0.279 e. The van der Waals surface area contributed by atoms with Crippen molar-refractivity contribution in [2.24, 2.45) is 0 Å². The van der Waals surface area contributed by atoms with E-state index in [2.05, 4.69) is 0 Å². The van der Waals surface area contributed by atoms with Gasteiger partial charge in [0.25, 0.3) is 5.69 Å². The summed E-state index contributed by atoms with van der Waals surface area (Å²) < 4.78 is 15.2. The number of nitro benzene ring substituents is 1. The van der Waals surface area contributed by atoms with Crippen molar-refractivity contribution < 1.29 is 19.1 Å². The van der Waals surface area contributed by atoms with Crippen molar-refractivity contribution in [1.29, 1.82) is 0 Å². The van der Waals surface area contributed by atoms with Gasteiger partial charge in [-0.2, -0.15) is 0 Å². The van der Waals surface area contributed by atoms with Crippen molar-refractivity contribution >= 4 is 5.69 Å². The average Bonchev–Trinajstić information content (AvgIpc) is 3.10. The molecule has 0 aliphatic carbocycles. The van der Waals surface area contributed by atoms with Crippen LogP contribution in [-0.2, 0) is 4.74 Å². The molecule has 0 amide bonds. The number of nitrogens with zero attached hydrogens (tertiary/aromatic N) is 1. The van der Waals surface area contributed by atoms with Crippen LogP contribution in [0.25, 0.3) is 0 Å². The Morgan fingerprint density at radius 2 is 1.94 bits per heavy atom. The summed E-state index contributed by atoms with van der Waals surface area (Å²) in [6.45, 7) is 0.510. The first kappa shape index (κ1) is 10.7. The molecule has 6 heteroatoms. The molecule has 2 rings (SSSR count). The van der Waals surface area contributed by atoms with E-state index in [4.69, 9.17) is 14.2 Å². The lowest BCUT2D eigenvalue weighted by atomic mass is 10.1. The van der Waals surface area contributed by atoms with E-state index in [0.717, 1.165) is 0 Å². The Hall–Kier alpha value is -1.82. The molecule has 1 aliphatic rings. The van der Waals surface area contributed by atoms with E-state index in [1.165, 1.54) is 20.3 Å². The van der Waals surface area contributed by atoms with Crippen molar-refractivity contribution in [3.8, 4) is 11.5 Å². The van der Waals surface area contributed by atoms with Gasteiger partial charge in [-0.1, -0.05) is 0 Å². The number of epoxide rings is 1. The topological polar surface area (TPSA) is 74.1 Å². The fraction of sp³-hybridized carbons (Fsp3) is 0.400. The minimum Gasteiger partial charge on any atom is -0.493 e. The highest BCUT2D eigenvalue weighted by Gasteiger charge is 2.33. The second-order valence-corrected chi connectivity index (χ2v) is 3.35. The minimum atomic E-state index is -0.445.